The highest BCUT2D eigenvalue weighted by Crippen LogP contribution is 2.21. The number of allylic oxidation sites excluding steroid dienone is 1. The van der Waals surface area contributed by atoms with Gasteiger partial charge in [-0.2, -0.15) is 0 Å². The van der Waals surface area contributed by atoms with Crippen molar-refractivity contribution in [3.8, 4) is 0 Å². The molecule has 2 atom stereocenters. The van der Waals surface area contributed by atoms with Crippen LogP contribution in [0.25, 0.3) is 0 Å². The van der Waals surface area contributed by atoms with Crippen molar-refractivity contribution in [3.05, 3.63) is 11.6 Å². The Bertz CT molecular complexity index is 230. The number of hydrogen-bond acceptors (Lipinski definition) is 1. The lowest BCUT2D eigenvalue weighted by atomic mass is 9.97. The largest absolute Gasteiger partial charge is 0.299 e. The summed E-state index contributed by atoms with van der Waals surface area (Å²) in [5.41, 5.74) is 1.64. The third-order valence-corrected chi connectivity index (χ3v) is 3.80. The maximum absolute atomic E-state index is 2.62. The fraction of sp³-hybridized carbons (Fsp3) is 0.867. The van der Waals surface area contributed by atoms with Gasteiger partial charge in [-0.15, -0.1) is 0 Å². The van der Waals surface area contributed by atoms with Gasteiger partial charge in [0.2, 0.25) is 0 Å². The molecule has 0 aromatic heterocycles. The van der Waals surface area contributed by atoms with E-state index in [9.17, 15) is 0 Å². The second kappa shape index (κ2) is 6.44. The number of rotatable bonds is 5. The van der Waals surface area contributed by atoms with Gasteiger partial charge >= 0.3 is 0 Å². The fourth-order valence-corrected chi connectivity index (χ4v) is 2.34. The zero-order valence-corrected chi connectivity index (χ0v) is 11.8. The molecule has 0 aromatic carbocycles. The van der Waals surface area contributed by atoms with E-state index in [4.69, 9.17) is 0 Å². The molecule has 0 aliphatic carbocycles. The Kier molecular flexibility index (Phi) is 5.54. The highest BCUT2D eigenvalue weighted by molar-refractivity contribution is 5.09. The lowest BCUT2D eigenvalue weighted by molar-refractivity contribution is 0.344. The van der Waals surface area contributed by atoms with Crippen LogP contribution >= 0.6 is 0 Å². The first-order chi connectivity index (χ1) is 7.52. The molecular formula is C15H29N. The van der Waals surface area contributed by atoms with Crippen molar-refractivity contribution in [1.29, 1.82) is 0 Å². The van der Waals surface area contributed by atoms with Crippen molar-refractivity contribution in [2.75, 3.05) is 19.6 Å². The summed E-state index contributed by atoms with van der Waals surface area (Å²) < 4.78 is 0. The minimum absolute atomic E-state index is 0.699. The summed E-state index contributed by atoms with van der Waals surface area (Å²) in [5, 5.41) is 0. The fourth-order valence-electron chi connectivity index (χ4n) is 2.34. The third-order valence-electron chi connectivity index (χ3n) is 3.80. The minimum atomic E-state index is 0.699. The van der Waals surface area contributed by atoms with Crippen molar-refractivity contribution in [1.82, 2.24) is 4.90 Å². The molecule has 2 unspecified atom stereocenters. The van der Waals surface area contributed by atoms with Gasteiger partial charge in [0.05, 0.1) is 0 Å². The molecule has 1 heterocycles. The Hall–Kier alpha value is -0.300. The SMILES string of the molecule is CCC(C)C=C(CN1CCC(C)C1)C(C)C. The molecule has 0 amide bonds. The predicted molar refractivity (Wildman–Crippen MR) is 72.6 cm³/mol. The quantitative estimate of drug-likeness (QED) is 0.638. The van der Waals surface area contributed by atoms with Gasteiger partial charge in [-0.1, -0.05) is 52.7 Å². The highest BCUT2D eigenvalue weighted by atomic mass is 15.1. The summed E-state index contributed by atoms with van der Waals surface area (Å²) in [6.45, 7) is 15.4. The van der Waals surface area contributed by atoms with E-state index in [1.165, 1.54) is 32.5 Å². The summed E-state index contributed by atoms with van der Waals surface area (Å²) in [4.78, 5) is 2.62. The average molecular weight is 223 g/mol. The van der Waals surface area contributed by atoms with Crippen LogP contribution in [0.15, 0.2) is 11.6 Å². The maximum atomic E-state index is 2.62. The van der Waals surface area contributed by atoms with Crippen LogP contribution in [0.2, 0.25) is 0 Å². The summed E-state index contributed by atoms with van der Waals surface area (Å²) >= 11 is 0. The third kappa shape index (κ3) is 4.29. The number of nitrogens with zero attached hydrogens (tertiary/aromatic N) is 1. The molecule has 1 aliphatic rings. The summed E-state index contributed by atoms with van der Waals surface area (Å²) in [5.74, 6) is 2.33. The minimum Gasteiger partial charge on any atom is -0.299 e. The molecule has 1 aliphatic heterocycles. The van der Waals surface area contributed by atoms with Gasteiger partial charge in [-0.25, -0.2) is 0 Å². The molecule has 1 rings (SSSR count). The highest BCUT2D eigenvalue weighted by Gasteiger charge is 2.20. The zero-order chi connectivity index (χ0) is 12.1. The second-order valence-corrected chi connectivity index (χ2v) is 5.91. The van der Waals surface area contributed by atoms with Gasteiger partial charge in [-0.05, 0) is 30.7 Å². The maximum Gasteiger partial charge on any atom is 0.0195 e. The topological polar surface area (TPSA) is 3.24 Å². The average Bonchev–Trinajstić information content (AvgIpc) is 2.62. The molecule has 1 nitrogen and oxygen atoms in total. The molecule has 0 N–H and O–H groups in total. The molecule has 0 spiro atoms. The van der Waals surface area contributed by atoms with E-state index in [1.54, 1.807) is 5.57 Å². The van der Waals surface area contributed by atoms with Gasteiger partial charge in [0.1, 0.15) is 0 Å². The molecule has 0 radical (unpaired) electrons. The first-order valence-electron chi connectivity index (χ1n) is 6.95. The molecular weight excluding hydrogens is 194 g/mol. The first kappa shape index (κ1) is 13.8. The normalized spacial score (nSPS) is 25.4. The van der Waals surface area contributed by atoms with Crippen LogP contribution in [0.3, 0.4) is 0 Å². The van der Waals surface area contributed by atoms with Crippen molar-refractivity contribution in [3.63, 3.8) is 0 Å². The van der Waals surface area contributed by atoms with Crippen LogP contribution in [0, 0.1) is 17.8 Å². The second-order valence-electron chi connectivity index (χ2n) is 5.91. The van der Waals surface area contributed by atoms with Gasteiger partial charge < -0.3 is 0 Å². The van der Waals surface area contributed by atoms with Crippen molar-refractivity contribution >= 4 is 0 Å². The van der Waals surface area contributed by atoms with E-state index in [-0.39, 0.29) is 0 Å². The number of likely N-dealkylation sites (tertiary alicyclic amines) is 1. The molecule has 0 aromatic rings. The Morgan fingerprint density at radius 2 is 2.06 bits per heavy atom. The molecule has 0 saturated carbocycles. The van der Waals surface area contributed by atoms with E-state index in [1.807, 2.05) is 0 Å². The monoisotopic (exact) mass is 223 g/mol. The van der Waals surface area contributed by atoms with E-state index in [0.29, 0.717) is 5.92 Å². The Morgan fingerprint density at radius 3 is 2.50 bits per heavy atom. The van der Waals surface area contributed by atoms with Gasteiger partial charge in [0.25, 0.3) is 0 Å². The molecule has 94 valence electrons. The van der Waals surface area contributed by atoms with Crippen LogP contribution in [0.5, 0.6) is 0 Å². The molecule has 1 heteroatoms. The zero-order valence-electron chi connectivity index (χ0n) is 11.8. The summed E-state index contributed by atoms with van der Waals surface area (Å²) in [6.07, 6.45) is 5.15. The van der Waals surface area contributed by atoms with Gasteiger partial charge in [-0.3, -0.25) is 4.90 Å². The number of hydrogen-bond donors (Lipinski definition) is 0. The van der Waals surface area contributed by atoms with E-state index >= 15 is 0 Å². The smallest absolute Gasteiger partial charge is 0.0195 e. The first-order valence-corrected chi connectivity index (χ1v) is 6.95. The van der Waals surface area contributed by atoms with Crippen LogP contribution in [0.4, 0.5) is 0 Å². The molecule has 1 saturated heterocycles. The van der Waals surface area contributed by atoms with Crippen LogP contribution in [-0.2, 0) is 0 Å². The Balaban J connectivity index is 2.54. The molecule has 16 heavy (non-hydrogen) atoms. The lowest BCUT2D eigenvalue weighted by Gasteiger charge is -2.21. The summed E-state index contributed by atoms with van der Waals surface area (Å²) in [6, 6.07) is 0. The van der Waals surface area contributed by atoms with Crippen molar-refractivity contribution < 1.29 is 0 Å². The lowest BCUT2D eigenvalue weighted by Crippen LogP contribution is -2.25. The molecule has 0 bridgehead atoms. The van der Waals surface area contributed by atoms with E-state index in [0.717, 1.165) is 11.8 Å². The van der Waals surface area contributed by atoms with Crippen molar-refractivity contribution in [2.24, 2.45) is 17.8 Å². The standard InChI is InChI=1S/C15H29N/c1-6-13(4)9-15(12(2)3)11-16-8-7-14(5)10-16/h9,12-14H,6-8,10-11H2,1-5H3. The van der Waals surface area contributed by atoms with E-state index in [2.05, 4.69) is 45.6 Å². The van der Waals surface area contributed by atoms with Gasteiger partial charge in [0.15, 0.2) is 0 Å². The Morgan fingerprint density at radius 1 is 1.38 bits per heavy atom. The van der Waals surface area contributed by atoms with Crippen LogP contribution in [0.1, 0.15) is 47.5 Å². The summed E-state index contributed by atoms with van der Waals surface area (Å²) in [7, 11) is 0. The van der Waals surface area contributed by atoms with Crippen molar-refractivity contribution in [2.45, 2.75) is 47.5 Å². The molecule has 1 fully saturated rings. The Labute approximate surface area is 102 Å². The van der Waals surface area contributed by atoms with Crippen LogP contribution in [-0.4, -0.2) is 24.5 Å². The van der Waals surface area contributed by atoms with Gasteiger partial charge in [0, 0.05) is 13.1 Å². The van der Waals surface area contributed by atoms with E-state index < -0.39 is 0 Å². The predicted octanol–water partition coefficient (Wildman–Crippen LogP) is 3.96. The van der Waals surface area contributed by atoms with Crippen LogP contribution < -0.4 is 0 Å².